The smallest absolute Gasteiger partial charge is 0.330 e. The molecule has 0 spiro atoms. The van der Waals surface area contributed by atoms with E-state index in [-0.39, 0.29) is 43.3 Å². The molecule has 2 amide bonds. The molecule has 0 aliphatic heterocycles. The molecule has 0 bridgehead atoms. The Morgan fingerprint density at radius 2 is 1.59 bits per heavy atom. The van der Waals surface area contributed by atoms with Gasteiger partial charge in [-0.15, -0.1) is 0 Å². The summed E-state index contributed by atoms with van der Waals surface area (Å²) in [4.78, 5) is 60.7. The molecular formula is C27H40N2O8. The molecule has 10 nitrogen and oxygen atoms in total. The van der Waals surface area contributed by atoms with Crippen molar-refractivity contribution in [3.8, 4) is 0 Å². The molecular weight excluding hydrogens is 480 g/mol. The Kier molecular flexibility index (Phi) is 10.5. The Morgan fingerprint density at radius 3 is 2.22 bits per heavy atom. The van der Waals surface area contributed by atoms with Gasteiger partial charge in [0, 0.05) is 19.2 Å². The van der Waals surface area contributed by atoms with Gasteiger partial charge in [0.25, 0.3) is 6.47 Å². The second-order valence-corrected chi connectivity index (χ2v) is 10.7. The van der Waals surface area contributed by atoms with Crippen LogP contribution >= 0.6 is 0 Å². The molecule has 0 radical (unpaired) electrons. The van der Waals surface area contributed by atoms with Crippen LogP contribution in [0.15, 0.2) is 12.2 Å². The number of carboxylic acids is 1. The lowest BCUT2D eigenvalue weighted by molar-refractivity contribution is -0.159. The fourth-order valence-electron chi connectivity index (χ4n) is 6.13. The minimum absolute atomic E-state index is 0.0245. The Morgan fingerprint density at radius 1 is 0.865 bits per heavy atom. The monoisotopic (exact) mass is 520 g/mol. The molecule has 3 aliphatic carbocycles. The maximum Gasteiger partial charge on any atom is 0.330 e. The van der Waals surface area contributed by atoms with E-state index in [1.54, 1.807) is 6.08 Å². The van der Waals surface area contributed by atoms with Gasteiger partial charge in [-0.1, -0.05) is 32.3 Å². The number of hydrogen-bond acceptors (Lipinski definition) is 7. The van der Waals surface area contributed by atoms with Gasteiger partial charge in [0.2, 0.25) is 11.8 Å². The quantitative estimate of drug-likeness (QED) is 0.238. The molecule has 7 atom stereocenters. The van der Waals surface area contributed by atoms with Crippen molar-refractivity contribution in [2.75, 3.05) is 7.05 Å². The molecule has 10 heteroatoms. The van der Waals surface area contributed by atoms with E-state index in [1.807, 2.05) is 13.0 Å². The Labute approximate surface area is 217 Å². The SMILES string of the molecule is CNC(=O)C1CC(C(=O)O)C(C(=O)NC2CCC(OC(=O)/C=C/C3CCCCC3)C(C)C2)CC1OC=O. The van der Waals surface area contributed by atoms with Crippen molar-refractivity contribution in [2.45, 2.75) is 89.4 Å². The molecule has 3 aliphatic rings. The minimum Gasteiger partial charge on any atom is -0.481 e. The van der Waals surface area contributed by atoms with Crippen molar-refractivity contribution < 1.29 is 38.6 Å². The molecule has 7 unspecified atom stereocenters. The third-order valence-corrected chi connectivity index (χ3v) is 8.25. The van der Waals surface area contributed by atoms with E-state index in [2.05, 4.69) is 10.6 Å². The minimum atomic E-state index is -1.16. The topological polar surface area (TPSA) is 148 Å². The number of carboxylic acid groups (broad SMARTS) is 1. The standard InChI is InChI=1S/C27H40N2O8/c1-16-12-18(9-10-22(16)37-24(31)11-8-17-6-4-3-5-7-17)29-26(33)19-14-23(36-15-30)21(25(32)28-2)13-20(19)27(34)35/h8,11,15-23H,3-7,9-10,12-14H2,1-2H3,(H,28,32)(H,29,33)(H,34,35)/b11-8+. The van der Waals surface area contributed by atoms with Crippen molar-refractivity contribution in [3.63, 3.8) is 0 Å². The van der Waals surface area contributed by atoms with Crippen molar-refractivity contribution in [1.82, 2.24) is 10.6 Å². The number of nitrogens with one attached hydrogen (secondary N) is 2. The number of allylic oxidation sites excluding steroid dienone is 1. The first-order valence-electron chi connectivity index (χ1n) is 13.5. The zero-order valence-corrected chi connectivity index (χ0v) is 21.7. The maximum atomic E-state index is 13.2. The predicted octanol–water partition coefficient (Wildman–Crippen LogP) is 2.35. The molecule has 0 saturated heterocycles. The average Bonchev–Trinajstić information content (AvgIpc) is 2.89. The number of hydrogen-bond donors (Lipinski definition) is 3. The van der Waals surface area contributed by atoms with Gasteiger partial charge in [-0.05, 0) is 56.8 Å². The summed E-state index contributed by atoms with van der Waals surface area (Å²) in [5, 5.41) is 15.2. The number of aliphatic carboxylic acids is 1. The van der Waals surface area contributed by atoms with E-state index < -0.39 is 41.6 Å². The molecule has 3 N–H and O–H groups in total. The van der Waals surface area contributed by atoms with Gasteiger partial charge < -0.3 is 25.2 Å². The van der Waals surface area contributed by atoms with Gasteiger partial charge in [-0.3, -0.25) is 19.2 Å². The van der Waals surface area contributed by atoms with E-state index in [1.165, 1.54) is 26.3 Å². The summed E-state index contributed by atoms with van der Waals surface area (Å²) < 4.78 is 10.8. The van der Waals surface area contributed by atoms with Crippen molar-refractivity contribution in [2.24, 2.45) is 29.6 Å². The van der Waals surface area contributed by atoms with Crippen LogP contribution in [0.5, 0.6) is 0 Å². The number of carbonyl (C=O) groups excluding carboxylic acids is 4. The summed E-state index contributed by atoms with van der Waals surface area (Å²) in [5.41, 5.74) is 0. The van der Waals surface area contributed by atoms with Gasteiger partial charge in [0.15, 0.2) is 0 Å². The zero-order valence-electron chi connectivity index (χ0n) is 21.7. The largest absolute Gasteiger partial charge is 0.481 e. The zero-order chi connectivity index (χ0) is 26.9. The van der Waals surface area contributed by atoms with Crippen LogP contribution in [0, 0.1) is 29.6 Å². The van der Waals surface area contributed by atoms with Crippen LogP contribution in [-0.4, -0.2) is 60.6 Å². The van der Waals surface area contributed by atoms with Crippen LogP contribution in [0.3, 0.4) is 0 Å². The Bertz CT molecular complexity index is 868. The highest BCUT2D eigenvalue weighted by Crippen LogP contribution is 2.37. The first kappa shape index (κ1) is 28.7. The number of ether oxygens (including phenoxy) is 2. The molecule has 3 rings (SSSR count). The average molecular weight is 521 g/mol. The number of esters is 1. The van der Waals surface area contributed by atoms with E-state index in [0.717, 1.165) is 12.8 Å². The maximum absolute atomic E-state index is 13.2. The van der Waals surface area contributed by atoms with Gasteiger partial charge in [0.1, 0.15) is 12.2 Å². The summed E-state index contributed by atoms with van der Waals surface area (Å²) in [6, 6.07) is -0.188. The fraction of sp³-hybridized carbons (Fsp3) is 0.741. The molecule has 3 fully saturated rings. The number of amides is 2. The van der Waals surface area contributed by atoms with Crippen LogP contribution in [0.1, 0.15) is 71.1 Å². The Hall–Kier alpha value is -2.91. The summed E-state index contributed by atoms with van der Waals surface area (Å²) in [6.07, 6.45) is 9.93. The Balaban J connectivity index is 1.54. The van der Waals surface area contributed by atoms with E-state index in [4.69, 9.17) is 9.47 Å². The van der Waals surface area contributed by atoms with Gasteiger partial charge in [0.05, 0.1) is 17.8 Å². The molecule has 3 saturated carbocycles. The highest BCUT2D eigenvalue weighted by atomic mass is 16.5. The van der Waals surface area contributed by atoms with E-state index in [9.17, 15) is 29.1 Å². The van der Waals surface area contributed by atoms with Crippen LogP contribution in [0.2, 0.25) is 0 Å². The van der Waals surface area contributed by atoms with Gasteiger partial charge in [-0.25, -0.2) is 4.79 Å². The first-order chi connectivity index (χ1) is 17.7. The van der Waals surface area contributed by atoms with Crippen LogP contribution in [-0.2, 0) is 33.4 Å². The molecule has 0 aromatic rings. The summed E-state index contributed by atoms with van der Waals surface area (Å²) >= 11 is 0. The van der Waals surface area contributed by atoms with Crippen molar-refractivity contribution >= 4 is 30.2 Å². The van der Waals surface area contributed by atoms with Crippen LogP contribution in [0.25, 0.3) is 0 Å². The van der Waals surface area contributed by atoms with E-state index >= 15 is 0 Å². The van der Waals surface area contributed by atoms with E-state index in [0.29, 0.717) is 25.2 Å². The summed E-state index contributed by atoms with van der Waals surface area (Å²) in [7, 11) is 1.43. The normalized spacial score (nSPS) is 32.8. The molecule has 0 heterocycles. The molecule has 206 valence electrons. The van der Waals surface area contributed by atoms with Gasteiger partial charge in [-0.2, -0.15) is 0 Å². The van der Waals surface area contributed by atoms with Crippen LogP contribution < -0.4 is 10.6 Å². The molecule has 0 aromatic carbocycles. The molecule has 37 heavy (non-hydrogen) atoms. The number of carbonyl (C=O) groups is 5. The van der Waals surface area contributed by atoms with Crippen molar-refractivity contribution in [3.05, 3.63) is 12.2 Å². The highest BCUT2D eigenvalue weighted by Gasteiger charge is 2.47. The first-order valence-corrected chi connectivity index (χ1v) is 13.5. The summed E-state index contributed by atoms with van der Waals surface area (Å²) in [5.74, 6) is -4.71. The van der Waals surface area contributed by atoms with Crippen LogP contribution in [0.4, 0.5) is 0 Å². The second-order valence-electron chi connectivity index (χ2n) is 10.7. The summed E-state index contributed by atoms with van der Waals surface area (Å²) in [6.45, 7) is 2.20. The highest BCUT2D eigenvalue weighted by molar-refractivity contribution is 5.87. The van der Waals surface area contributed by atoms with Crippen molar-refractivity contribution in [1.29, 1.82) is 0 Å². The predicted molar refractivity (Wildman–Crippen MR) is 133 cm³/mol. The van der Waals surface area contributed by atoms with Gasteiger partial charge >= 0.3 is 11.9 Å². The lowest BCUT2D eigenvalue weighted by Crippen LogP contribution is -2.52. The number of rotatable bonds is 9. The second kappa shape index (κ2) is 13.6. The third-order valence-electron chi connectivity index (χ3n) is 8.25. The lowest BCUT2D eigenvalue weighted by atomic mass is 9.71. The molecule has 0 aromatic heterocycles. The third kappa shape index (κ3) is 7.79. The fourth-order valence-corrected chi connectivity index (χ4v) is 6.13. The lowest BCUT2D eigenvalue weighted by Gasteiger charge is -2.39.